The Morgan fingerprint density at radius 3 is 2.88 bits per heavy atom. The standard InChI is InChI=1S/C13H12BrNO/c14-11-4-1-3-10(7-11)13(9-15)6-2-5-12(16)8-13/h1,3-4,7H,2,5-6,8H2. The molecular formula is C13H12BrNO. The summed E-state index contributed by atoms with van der Waals surface area (Å²) < 4.78 is 0.956. The van der Waals surface area contributed by atoms with E-state index in [0.717, 1.165) is 22.9 Å². The molecule has 16 heavy (non-hydrogen) atoms. The van der Waals surface area contributed by atoms with Gasteiger partial charge in [0, 0.05) is 17.3 Å². The van der Waals surface area contributed by atoms with Gasteiger partial charge >= 0.3 is 0 Å². The fraction of sp³-hybridized carbons (Fsp3) is 0.385. The van der Waals surface area contributed by atoms with Gasteiger partial charge in [0.1, 0.15) is 5.78 Å². The zero-order valence-corrected chi connectivity index (χ0v) is 10.5. The largest absolute Gasteiger partial charge is 0.300 e. The third-order valence-electron chi connectivity index (χ3n) is 3.15. The van der Waals surface area contributed by atoms with Crippen LogP contribution in [0.3, 0.4) is 0 Å². The first-order valence-electron chi connectivity index (χ1n) is 5.35. The molecule has 0 N–H and O–H groups in total. The van der Waals surface area contributed by atoms with E-state index < -0.39 is 5.41 Å². The predicted molar refractivity (Wildman–Crippen MR) is 64.9 cm³/mol. The summed E-state index contributed by atoms with van der Waals surface area (Å²) in [5.74, 6) is 0.202. The summed E-state index contributed by atoms with van der Waals surface area (Å²) in [6, 6.07) is 10.1. The van der Waals surface area contributed by atoms with Crippen molar-refractivity contribution in [2.75, 3.05) is 0 Å². The molecule has 1 atom stereocenters. The summed E-state index contributed by atoms with van der Waals surface area (Å²) >= 11 is 3.40. The summed E-state index contributed by atoms with van der Waals surface area (Å²) in [5, 5.41) is 9.39. The zero-order chi connectivity index (χ0) is 11.6. The molecule has 0 spiro atoms. The van der Waals surface area contributed by atoms with Crippen LogP contribution in [-0.4, -0.2) is 5.78 Å². The molecule has 0 saturated heterocycles. The van der Waals surface area contributed by atoms with Crippen LogP contribution >= 0.6 is 15.9 Å². The molecule has 0 radical (unpaired) electrons. The molecule has 1 fully saturated rings. The highest BCUT2D eigenvalue weighted by atomic mass is 79.9. The van der Waals surface area contributed by atoms with Crippen LogP contribution in [0.25, 0.3) is 0 Å². The van der Waals surface area contributed by atoms with Crippen molar-refractivity contribution in [3.63, 3.8) is 0 Å². The van der Waals surface area contributed by atoms with E-state index in [9.17, 15) is 10.1 Å². The van der Waals surface area contributed by atoms with Crippen LogP contribution in [0.4, 0.5) is 0 Å². The van der Waals surface area contributed by atoms with Crippen molar-refractivity contribution in [2.24, 2.45) is 0 Å². The average Bonchev–Trinajstić information content (AvgIpc) is 2.29. The number of benzene rings is 1. The number of ketones is 1. The molecule has 0 amide bonds. The highest BCUT2D eigenvalue weighted by molar-refractivity contribution is 9.10. The molecular weight excluding hydrogens is 266 g/mol. The van der Waals surface area contributed by atoms with Crippen LogP contribution in [0, 0.1) is 11.3 Å². The van der Waals surface area contributed by atoms with Crippen molar-refractivity contribution < 1.29 is 4.79 Å². The number of nitrogens with zero attached hydrogens (tertiary/aromatic N) is 1. The Balaban J connectivity index is 2.42. The van der Waals surface area contributed by atoms with Crippen molar-refractivity contribution in [2.45, 2.75) is 31.1 Å². The predicted octanol–water partition coefficient (Wildman–Crippen LogP) is 3.35. The maximum Gasteiger partial charge on any atom is 0.134 e. The van der Waals surface area contributed by atoms with E-state index in [0.29, 0.717) is 12.8 Å². The molecule has 0 heterocycles. The Labute approximate surface area is 103 Å². The van der Waals surface area contributed by atoms with Crippen LogP contribution in [0.2, 0.25) is 0 Å². The Morgan fingerprint density at radius 1 is 1.44 bits per heavy atom. The first-order valence-corrected chi connectivity index (χ1v) is 6.15. The SMILES string of the molecule is N#CC1(c2cccc(Br)c2)CCCC(=O)C1. The first kappa shape index (κ1) is 11.3. The second kappa shape index (κ2) is 4.39. The van der Waals surface area contributed by atoms with E-state index in [1.54, 1.807) is 0 Å². The lowest BCUT2D eigenvalue weighted by atomic mass is 9.70. The average molecular weight is 278 g/mol. The highest BCUT2D eigenvalue weighted by Crippen LogP contribution is 2.38. The molecule has 0 aliphatic heterocycles. The number of hydrogen-bond donors (Lipinski definition) is 0. The van der Waals surface area contributed by atoms with E-state index in [1.165, 1.54) is 0 Å². The molecule has 1 aliphatic carbocycles. The number of rotatable bonds is 1. The second-order valence-electron chi connectivity index (χ2n) is 4.27. The van der Waals surface area contributed by atoms with Gasteiger partial charge in [0.2, 0.25) is 0 Å². The van der Waals surface area contributed by atoms with E-state index in [4.69, 9.17) is 0 Å². The maximum atomic E-state index is 11.5. The minimum atomic E-state index is -0.598. The molecule has 1 aliphatic rings. The third-order valence-corrected chi connectivity index (χ3v) is 3.64. The monoisotopic (exact) mass is 277 g/mol. The number of nitriles is 1. The Hall–Kier alpha value is -1.14. The lowest BCUT2D eigenvalue weighted by Gasteiger charge is -2.30. The fourth-order valence-corrected chi connectivity index (χ4v) is 2.69. The van der Waals surface area contributed by atoms with Gasteiger partial charge in [-0.05, 0) is 30.5 Å². The van der Waals surface area contributed by atoms with Crippen molar-refractivity contribution in [1.29, 1.82) is 5.26 Å². The van der Waals surface area contributed by atoms with Crippen molar-refractivity contribution in [3.8, 4) is 6.07 Å². The molecule has 3 heteroatoms. The van der Waals surface area contributed by atoms with Crippen LogP contribution in [0.1, 0.15) is 31.2 Å². The molecule has 0 aromatic heterocycles. The summed E-state index contributed by atoms with van der Waals surface area (Å²) in [7, 11) is 0. The Kier molecular flexibility index (Phi) is 3.11. The van der Waals surface area contributed by atoms with Crippen LogP contribution in [-0.2, 0) is 10.2 Å². The van der Waals surface area contributed by atoms with Crippen molar-refractivity contribution >= 4 is 21.7 Å². The highest BCUT2D eigenvalue weighted by Gasteiger charge is 2.37. The first-order chi connectivity index (χ1) is 7.66. The van der Waals surface area contributed by atoms with E-state index in [2.05, 4.69) is 22.0 Å². The minimum Gasteiger partial charge on any atom is -0.300 e. The minimum absolute atomic E-state index is 0.202. The molecule has 82 valence electrons. The van der Waals surface area contributed by atoms with Gasteiger partial charge in [-0.25, -0.2) is 0 Å². The number of carbonyl (C=O) groups is 1. The third kappa shape index (κ3) is 2.03. The van der Waals surface area contributed by atoms with E-state index in [-0.39, 0.29) is 5.78 Å². The van der Waals surface area contributed by atoms with Gasteiger partial charge in [-0.2, -0.15) is 5.26 Å². The van der Waals surface area contributed by atoms with Gasteiger partial charge in [-0.15, -0.1) is 0 Å². The van der Waals surface area contributed by atoms with E-state index in [1.807, 2.05) is 24.3 Å². The van der Waals surface area contributed by atoms with Gasteiger partial charge < -0.3 is 0 Å². The molecule has 1 aromatic carbocycles. The molecule has 1 unspecified atom stereocenters. The second-order valence-corrected chi connectivity index (χ2v) is 5.19. The molecule has 2 nitrogen and oxygen atoms in total. The van der Waals surface area contributed by atoms with Gasteiger partial charge in [0.05, 0.1) is 11.5 Å². The van der Waals surface area contributed by atoms with Crippen LogP contribution < -0.4 is 0 Å². The number of carbonyl (C=O) groups excluding carboxylic acids is 1. The maximum absolute atomic E-state index is 11.5. The van der Waals surface area contributed by atoms with Gasteiger partial charge in [-0.1, -0.05) is 28.1 Å². The zero-order valence-electron chi connectivity index (χ0n) is 8.87. The summed E-state index contributed by atoms with van der Waals surface area (Å²) in [6.45, 7) is 0. The molecule has 1 aromatic rings. The van der Waals surface area contributed by atoms with Gasteiger partial charge in [0.25, 0.3) is 0 Å². The molecule has 2 rings (SSSR count). The summed E-state index contributed by atoms with van der Waals surface area (Å²) in [6.07, 6.45) is 2.59. The van der Waals surface area contributed by atoms with Crippen LogP contribution in [0.15, 0.2) is 28.7 Å². The Bertz CT molecular complexity index is 463. The number of halogens is 1. The fourth-order valence-electron chi connectivity index (χ4n) is 2.29. The lowest BCUT2D eigenvalue weighted by molar-refractivity contribution is -0.121. The number of Topliss-reactive ketones (excluding diaryl/α,β-unsaturated/α-hetero) is 1. The van der Waals surface area contributed by atoms with Gasteiger partial charge in [-0.3, -0.25) is 4.79 Å². The normalized spacial score (nSPS) is 25.1. The van der Waals surface area contributed by atoms with Crippen molar-refractivity contribution in [3.05, 3.63) is 34.3 Å². The summed E-state index contributed by atoms with van der Waals surface area (Å²) in [4.78, 5) is 11.5. The molecule has 1 saturated carbocycles. The number of hydrogen-bond acceptors (Lipinski definition) is 2. The molecule has 0 bridgehead atoms. The lowest BCUT2D eigenvalue weighted by Crippen LogP contribution is -2.31. The Morgan fingerprint density at radius 2 is 2.25 bits per heavy atom. The van der Waals surface area contributed by atoms with Gasteiger partial charge in [0.15, 0.2) is 0 Å². The van der Waals surface area contributed by atoms with Crippen molar-refractivity contribution in [1.82, 2.24) is 0 Å². The topological polar surface area (TPSA) is 40.9 Å². The van der Waals surface area contributed by atoms with Crippen LogP contribution in [0.5, 0.6) is 0 Å². The summed E-state index contributed by atoms with van der Waals surface area (Å²) in [5.41, 5.74) is 0.358. The van der Waals surface area contributed by atoms with E-state index >= 15 is 0 Å². The quantitative estimate of drug-likeness (QED) is 0.790. The smallest absolute Gasteiger partial charge is 0.134 e.